The molecule has 1 saturated heterocycles. The molecule has 0 radical (unpaired) electrons. The third kappa shape index (κ3) is 2.97. The summed E-state index contributed by atoms with van der Waals surface area (Å²) in [6, 6.07) is 10.3. The highest BCUT2D eigenvalue weighted by molar-refractivity contribution is 5.92. The van der Waals surface area contributed by atoms with Gasteiger partial charge in [0, 0.05) is 37.1 Å². The van der Waals surface area contributed by atoms with Crippen LogP contribution >= 0.6 is 0 Å². The number of nitrogens with zero attached hydrogens (tertiary/aromatic N) is 4. The first-order chi connectivity index (χ1) is 11.8. The van der Waals surface area contributed by atoms with Crippen LogP contribution in [0.2, 0.25) is 0 Å². The van der Waals surface area contributed by atoms with Crippen molar-refractivity contribution >= 4 is 16.8 Å². The number of likely N-dealkylation sites (tertiary alicyclic amines) is 1. The van der Waals surface area contributed by atoms with E-state index in [4.69, 9.17) is 0 Å². The van der Waals surface area contributed by atoms with Crippen molar-refractivity contribution in [2.75, 3.05) is 13.1 Å². The van der Waals surface area contributed by atoms with Crippen molar-refractivity contribution in [3.8, 4) is 0 Å². The predicted octanol–water partition coefficient (Wildman–Crippen LogP) is 2.73. The second kappa shape index (κ2) is 6.35. The second-order valence-electron chi connectivity index (χ2n) is 6.24. The Labute approximate surface area is 140 Å². The van der Waals surface area contributed by atoms with Gasteiger partial charge >= 0.3 is 0 Å². The quantitative estimate of drug-likeness (QED) is 0.745. The Morgan fingerprint density at radius 1 is 1.17 bits per heavy atom. The van der Waals surface area contributed by atoms with Crippen LogP contribution in [0.25, 0.3) is 10.9 Å². The Morgan fingerprint density at radius 3 is 2.96 bits per heavy atom. The van der Waals surface area contributed by atoms with Crippen molar-refractivity contribution in [3.05, 3.63) is 66.4 Å². The van der Waals surface area contributed by atoms with Gasteiger partial charge in [0.15, 0.2) is 0 Å². The van der Waals surface area contributed by atoms with Crippen LogP contribution in [-0.4, -0.2) is 38.8 Å². The Hall–Kier alpha value is -2.82. The summed E-state index contributed by atoms with van der Waals surface area (Å²) >= 11 is 0. The zero-order valence-corrected chi connectivity index (χ0v) is 13.3. The van der Waals surface area contributed by atoms with E-state index in [1.165, 1.54) is 17.1 Å². The van der Waals surface area contributed by atoms with Gasteiger partial charge in [0.2, 0.25) is 0 Å². The van der Waals surface area contributed by atoms with Crippen molar-refractivity contribution in [2.24, 2.45) is 5.92 Å². The molecule has 0 unspecified atom stereocenters. The number of carbonyl (C=O) groups is 1. The Bertz CT molecular complexity index is 865. The van der Waals surface area contributed by atoms with Gasteiger partial charge in [0.25, 0.3) is 5.91 Å². The summed E-state index contributed by atoms with van der Waals surface area (Å²) in [5, 5.41) is 1.17. The number of benzene rings is 1. The lowest BCUT2D eigenvalue weighted by atomic mass is 9.99. The minimum absolute atomic E-state index is 0.0257. The van der Waals surface area contributed by atoms with E-state index in [1.54, 1.807) is 12.4 Å². The Kier molecular flexibility index (Phi) is 3.91. The van der Waals surface area contributed by atoms with Crippen LogP contribution in [0.5, 0.6) is 0 Å². The molecule has 5 nitrogen and oxygen atoms in total. The minimum atomic E-state index is -0.0257. The zero-order valence-electron chi connectivity index (χ0n) is 13.3. The molecule has 3 aromatic rings. The fourth-order valence-corrected chi connectivity index (χ4v) is 3.32. The molecule has 1 aromatic carbocycles. The first kappa shape index (κ1) is 14.8. The summed E-state index contributed by atoms with van der Waals surface area (Å²) in [5.74, 6) is 0.441. The monoisotopic (exact) mass is 318 g/mol. The maximum Gasteiger partial charge on any atom is 0.274 e. The highest BCUT2D eigenvalue weighted by Crippen LogP contribution is 2.23. The van der Waals surface area contributed by atoms with Crippen LogP contribution in [0.15, 0.2) is 55.1 Å². The van der Waals surface area contributed by atoms with Crippen LogP contribution < -0.4 is 0 Å². The average Bonchev–Trinajstić information content (AvgIpc) is 3.10. The van der Waals surface area contributed by atoms with Gasteiger partial charge in [-0.15, -0.1) is 0 Å². The van der Waals surface area contributed by atoms with Gasteiger partial charge in [0.1, 0.15) is 5.69 Å². The van der Waals surface area contributed by atoms with Crippen molar-refractivity contribution < 1.29 is 4.79 Å². The summed E-state index contributed by atoms with van der Waals surface area (Å²) in [6.45, 7) is 1.54. The van der Waals surface area contributed by atoms with Crippen LogP contribution in [0.3, 0.4) is 0 Å². The van der Waals surface area contributed by atoms with Crippen molar-refractivity contribution in [1.29, 1.82) is 0 Å². The number of hydrogen-bond acceptors (Lipinski definition) is 4. The third-order valence-corrected chi connectivity index (χ3v) is 4.53. The van der Waals surface area contributed by atoms with Crippen LogP contribution in [0, 0.1) is 5.92 Å². The van der Waals surface area contributed by atoms with E-state index in [1.807, 2.05) is 29.3 Å². The highest BCUT2D eigenvalue weighted by atomic mass is 16.2. The molecular formula is C19H18N4O. The molecule has 2 aromatic heterocycles. The standard InChI is InChI=1S/C19H18N4O/c24-19(18-12-20-6-7-21-18)23-8-5-14(13-23)9-15-10-16-3-1-2-4-17(16)22-11-15/h1-4,6-7,10-12,14H,5,8-9,13H2/t14-/m1/s1. The second-order valence-corrected chi connectivity index (χ2v) is 6.24. The van der Waals surface area contributed by atoms with E-state index in [2.05, 4.69) is 27.1 Å². The largest absolute Gasteiger partial charge is 0.337 e. The van der Waals surface area contributed by atoms with Crippen LogP contribution in [0.1, 0.15) is 22.5 Å². The fraction of sp³-hybridized carbons (Fsp3) is 0.263. The molecule has 0 aliphatic carbocycles. The number of fused-ring (bicyclic) bond motifs is 1. The van der Waals surface area contributed by atoms with Gasteiger partial charge in [-0.3, -0.25) is 14.8 Å². The molecule has 5 heteroatoms. The van der Waals surface area contributed by atoms with Crippen LogP contribution in [-0.2, 0) is 6.42 Å². The maximum atomic E-state index is 12.4. The molecular weight excluding hydrogens is 300 g/mol. The molecule has 4 rings (SSSR count). The molecule has 24 heavy (non-hydrogen) atoms. The van der Waals surface area contributed by atoms with Gasteiger partial charge in [-0.2, -0.15) is 0 Å². The van der Waals surface area contributed by atoms with Gasteiger partial charge in [-0.25, -0.2) is 4.98 Å². The molecule has 0 saturated carbocycles. The van der Waals surface area contributed by atoms with E-state index in [9.17, 15) is 4.79 Å². The lowest BCUT2D eigenvalue weighted by Gasteiger charge is -2.16. The molecule has 0 N–H and O–H groups in total. The molecule has 1 aliphatic heterocycles. The summed E-state index contributed by atoms with van der Waals surface area (Å²) in [4.78, 5) is 26.9. The van der Waals surface area contributed by atoms with Gasteiger partial charge in [-0.05, 0) is 36.5 Å². The first-order valence-corrected chi connectivity index (χ1v) is 8.18. The minimum Gasteiger partial charge on any atom is -0.337 e. The van der Waals surface area contributed by atoms with Crippen LogP contribution in [0.4, 0.5) is 0 Å². The lowest BCUT2D eigenvalue weighted by molar-refractivity contribution is 0.0781. The summed E-state index contributed by atoms with van der Waals surface area (Å²) in [5.41, 5.74) is 2.67. The Morgan fingerprint density at radius 2 is 2.08 bits per heavy atom. The molecule has 1 atom stereocenters. The maximum absolute atomic E-state index is 12.4. The molecule has 1 aliphatic rings. The number of pyridine rings is 1. The Balaban J connectivity index is 1.44. The van der Waals surface area contributed by atoms with E-state index >= 15 is 0 Å². The van der Waals surface area contributed by atoms with Gasteiger partial charge in [-0.1, -0.05) is 18.2 Å². The molecule has 3 heterocycles. The van der Waals surface area contributed by atoms with E-state index in [0.29, 0.717) is 11.6 Å². The summed E-state index contributed by atoms with van der Waals surface area (Å²) in [6.07, 6.45) is 8.58. The van der Waals surface area contributed by atoms with Gasteiger partial charge < -0.3 is 4.90 Å². The van der Waals surface area contributed by atoms with E-state index in [-0.39, 0.29) is 5.91 Å². The number of para-hydroxylation sites is 1. The van der Waals surface area contributed by atoms with Gasteiger partial charge in [0.05, 0.1) is 11.7 Å². The molecule has 120 valence electrons. The topological polar surface area (TPSA) is 59.0 Å². The SMILES string of the molecule is O=C(c1cnccn1)N1CC[C@H](Cc2cnc3ccccc3c2)C1. The number of aromatic nitrogens is 3. The highest BCUT2D eigenvalue weighted by Gasteiger charge is 2.27. The molecule has 1 amide bonds. The first-order valence-electron chi connectivity index (χ1n) is 8.18. The average molecular weight is 318 g/mol. The summed E-state index contributed by atoms with van der Waals surface area (Å²) in [7, 11) is 0. The summed E-state index contributed by atoms with van der Waals surface area (Å²) < 4.78 is 0. The number of carbonyl (C=O) groups excluding carboxylic acids is 1. The number of rotatable bonds is 3. The normalized spacial score (nSPS) is 17.3. The lowest BCUT2D eigenvalue weighted by Crippen LogP contribution is -2.29. The zero-order chi connectivity index (χ0) is 16.4. The molecule has 0 bridgehead atoms. The number of amides is 1. The van der Waals surface area contributed by atoms with Crippen molar-refractivity contribution in [3.63, 3.8) is 0 Å². The van der Waals surface area contributed by atoms with E-state index < -0.39 is 0 Å². The predicted molar refractivity (Wildman–Crippen MR) is 91.5 cm³/mol. The van der Waals surface area contributed by atoms with Crippen molar-refractivity contribution in [2.45, 2.75) is 12.8 Å². The van der Waals surface area contributed by atoms with Crippen molar-refractivity contribution in [1.82, 2.24) is 19.9 Å². The smallest absolute Gasteiger partial charge is 0.274 e. The molecule has 1 fully saturated rings. The molecule has 0 spiro atoms. The number of hydrogen-bond donors (Lipinski definition) is 0. The third-order valence-electron chi connectivity index (χ3n) is 4.53. The fourth-order valence-electron chi connectivity index (χ4n) is 3.32. The van der Waals surface area contributed by atoms with E-state index in [0.717, 1.165) is 31.4 Å².